The van der Waals surface area contributed by atoms with Crippen molar-refractivity contribution in [3.05, 3.63) is 17.5 Å². The third-order valence-corrected chi connectivity index (χ3v) is 2.74. The van der Waals surface area contributed by atoms with Gasteiger partial charge in [-0.3, -0.25) is 9.58 Å². The van der Waals surface area contributed by atoms with Gasteiger partial charge in [-0.2, -0.15) is 5.10 Å². The highest BCUT2D eigenvalue weighted by molar-refractivity contribution is 5.19. The van der Waals surface area contributed by atoms with Crippen LogP contribution in [-0.4, -0.2) is 27.3 Å². The number of aryl methyl sites for hydroxylation is 1. The highest BCUT2D eigenvalue weighted by Crippen LogP contribution is 2.18. The number of fused-ring (bicyclic) bond motifs is 1. The summed E-state index contributed by atoms with van der Waals surface area (Å²) in [6.45, 7) is 6.69. The summed E-state index contributed by atoms with van der Waals surface area (Å²) in [5.41, 5.74) is 2.70. The topological polar surface area (TPSA) is 21.1 Å². The molecule has 0 saturated heterocycles. The lowest BCUT2D eigenvalue weighted by atomic mass is 10.1. The van der Waals surface area contributed by atoms with Gasteiger partial charge in [0.1, 0.15) is 0 Å². The Morgan fingerprint density at radius 2 is 2.23 bits per heavy atom. The molecule has 2 rings (SSSR count). The molecule has 0 aliphatic carbocycles. The lowest BCUT2D eigenvalue weighted by Crippen LogP contribution is -2.35. The lowest BCUT2D eigenvalue weighted by Gasteiger charge is -2.29. The molecule has 0 radical (unpaired) electrons. The predicted molar refractivity (Wildman–Crippen MR) is 52.5 cm³/mol. The zero-order valence-corrected chi connectivity index (χ0v) is 8.62. The maximum Gasteiger partial charge on any atom is 0.0797 e. The number of aromatic nitrogens is 2. The van der Waals surface area contributed by atoms with Crippen LogP contribution >= 0.6 is 0 Å². The van der Waals surface area contributed by atoms with Gasteiger partial charge in [-0.1, -0.05) is 0 Å². The van der Waals surface area contributed by atoms with E-state index in [-0.39, 0.29) is 0 Å². The number of hydrogen-bond acceptors (Lipinski definition) is 2. The minimum absolute atomic E-state index is 0.634. The molecule has 1 aliphatic rings. The Kier molecular flexibility index (Phi) is 2.12. The zero-order valence-electron chi connectivity index (χ0n) is 8.62. The first kappa shape index (κ1) is 8.75. The van der Waals surface area contributed by atoms with Gasteiger partial charge in [0.15, 0.2) is 0 Å². The van der Waals surface area contributed by atoms with Crippen molar-refractivity contribution < 1.29 is 0 Å². The van der Waals surface area contributed by atoms with Gasteiger partial charge in [-0.05, 0) is 25.8 Å². The Balaban J connectivity index is 2.19. The molecule has 3 nitrogen and oxygen atoms in total. The van der Waals surface area contributed by atoms with Crippen LogP contribution in [0.2, 0.25) is 0 Å². The smallest absolute Gasteiger partial charge is 0.0797 e. The molecule has 2 heterocycles. The largest absolute Gasteiger partial charge is 0.295 e. The first-order chi connectivity index (χ1) is 6.16. The van der Waals surface area contributed by atoms with E-state index in [9.17, 15) is 0 Å². The molecule has 1 aromatic heterocycles. The monoisotopic (exact) mass is 179 g/mol. The highest BCUT2D eigenvalue weighted by atomic mass is 15.3. The minimum Gasteiger partial charge on any atom is -0.295 e. The van der Waals surface area contributed by atoms with Crippen LogP contribution < -0.4 is 0 Å². The first-order valence-electron chi connectivity index (χ1n) is 4.92. The van der Waals surface area contributed by atoms with Crippen LogP contribution in [0.15, 0.2) is 6.20 Å². The molecular formula is C10H17N3. The Hall–Kier alpha value is -0.830. The molecule has 1 aromatic rings. The molecule has 72 valence electrons. The van der Waals surface area contributed by atoms with Crippen LogP contribution in [0.25, 0.3) is 0 Å². The second-order valence-electron chi connectivity index (χ2n) is 4.09. The molecule has 0 spiro atoms. The van der Waals surface area contributed by atoms with E-state index >= 15 is 0 Å². The molecule has 0 atom stereocenters. The highest BCUT2D eigenvalue weighted by Gasteiger charge is 2.20. The van der Waals surface area contributed by atoms with E-state index in [0.29, 0.717) is 6.04 Å². The van der Waals surface area contributed by atoms with Crippen LogP contribution in [0.4, 0.5) is 0 Å². The Morgan fingerprint density at radius 3 is 2.92 bits per heavy atom. The molecule has 0 saturated carbocycles. The van der Waals surface area contributed by atoms with Crippen molar-refractivity contribution in [3.63, 3.8) is 0 Å². The zero-order chi connectivity index (χ0) is 9.42. The summed E-state index contributed by atoms with van der Waals surface area (Å²) in [7, 11) is 2.00. The van der Waals surface area contributed by atoms with Gasteiger partial charge in [0.2, 0.25) is 0 Å². The average Bonchev–Trinajstić information content (AvgIpc) is 2.42. The molecule has 0 N–H and O–H groups in total. The van der Waals surface area contributed by atoms with Gasteiger partial charge in [0.05, 0.1) is 5.69 Å². The average molecular weight is 179 g/mol. The molecule has 1 aliphatic heterocycles. The third-order valence-electron chi connectivity index (χ3n) is 2.74. The minimum atomic E-state index is 0.634. The maximum atomic E-state index is 4.46. The standard InChI is InChI=1S/C10H17N3/c1-8(2)13-5-4-9-6-12(3)11-10(9)7-13/h6,8H,4-5,7H2,1-3H3. The van der Waals surface area contributed by atoms with Gasteiger partial charge in [0, 0.05) is 32.4 Å². The van der Waals surface area contributed by atoms with E-state index in [1.807, 2.05) is 11.7 Å². The quantitative estimate of drug-likeness (QED) is 0.645. The van der Waals surface area contributed by atoms with Crippen molar-refractivity contribution in [2.24, 2.45) is 7.05 Å². The SMILES string of the molecule is CC(C)N1CCc2cn(C)nc2C1. The van der Waals surface area contributed by atoms with Crippen molar-refractivity contribution >= 4 is 0 Å². The summed E-state index contributed by atoms with van der Waals surface area (Å²) in [6, 6.07) is 0.634. The molecule has 0 amide bonds. The second-order valence-corrected chi connectivity index (χ2v) is 4.09. The summed E-state index contributed by atoms with van der Waals surface area (Å²) >= 11 is 0. The summed E-state index contributed by atoms with van der Waals surface area (Å²) in [5, 5.41) is 4.46. The van der Waals surface area contributed by atoms with Crippen molar-refractivity contribution in [2.75, 3.05) is 6.54 Å². The number of hydrogen-bond donors (Lipinski definition) is 0. The van der Waals surface area contributed by atoms with E-state index in [1.54, 1.807) is 0 Å². The van der Waals surface area contributed by atoms with Crippen molar-refractivity contribution in [3.8, 4) is 0 Å². The Morgan fingerprint density at radius 1 is 1.46 bits per heavy atom. The molecule has 3 heteroatoms. The van der Waals surface area contributed by atoms with Gasteiger partial charge in [-0.25, -0.2) is 0 Å². The molecule has 0 aromatic carbocycles. The third kappa shape index (κ3) is 1.61. The second kappa shape index (κ2) is 3.14. The summed E-state index contributed by atoms with van der Waals surface area (Å²) in [6.07, 6.45) is 3.30. The molecule has 13 heavy (non-hydrogen) atoms. The van der Waals surface area contributed by atoms with Crippen LogP contribution in [0.1, 0.15) is 25.1 Å². The Bertz CT molecular complexity index is 301. The first-order valence-corrected chi connectivity index (χ1v) is 4.92. The van der Waals surface area contributed by atoms with Gasteiger partial charge in [0.25, 0.3) is 0 Å². The maximum absolute atomic E-state index is 4.46. The molecule has 0 fully saturated rings. The fourth-order valence-electron chi connectivity index (χ4n) is 1.90. The van der Waals surface area contributed by atoms with Crippen molar-refractivity contribution in [1.82, 2.24) is 14.7 Å². The van der Waals surface area contributed by atoms with E-state index < -0.39 is 0 Å². The fourth-order valence-corrected chi connectivity index (χ4v) is 1.90. The van der Waals surface area contributed by atoms with E-state index in [4.69, 9.17) is 0 Å². The van der Waals surface area contributed by atoms with Gasteiger partial charge >= 0.3 is 0 Å². The summed E-state index contributed by atoms with van der Waals surface area (Å²) in [5.74, 6) is 0. The number of nitrogens with zero attached hydrogens (tertiary/aromatic N) is 3. The normalized spacial score (nSPS) is 17.8. The molecule has 0 unspecified atom stereocenters. The van der Waals surface area contributed by atoms with E-state index in [0.717, 1.165) is 13.0 Å². The van der Waals surface area contributed by atoms with Crippen LogP contribution in [-0.2, 0) is 20.0 Å². The van der Waals surface area contributed by atoms with Crippen LogP contribution in [0.3, 0.4) is 0 Å². The summed E-state index contributed by atoms with van der Waals surface area (Å²) < 4.78 is 1.93. The van der Waals surface area contributed by atoms with Gasteiger partial charge in [-0.15, -0.1) is 0 Å². The number of rotatable bonds is 1. The van der Waals surface area contributed by atoms with Crippen molar-refractivity contribution in [1.29, 1.82) is 0 Å². The fraction of sp³-hybridized carbons (Fsp3) is 0.700. The van der Waals surface area contributed by atoms with Crippen LogP contribution in [0, 0.1) is 0 Å². The van der Waals surface area contributed by atoms with E-state index in [1.165, 1.54) is 17.8 Å². The molecular weight excluding hydrogens is 162 g/mol. The summed E-state index contributed by atoms with van der Waals surface area (Å²) in [4.78, 5) is 2.47. The van der Waals surface area contributed by atoms with Gasteiger partial charge < -0.3 is 0 Å². The molecule has 0 bridgehead atoms. The predicted octanol–water partition coefficient (Wildman–Crippen LogP) is 1.19. The van der Waals surface area contributed by atoms with E-state index in [2.05, 4.69) is 30.0 Å². The lowest BCUT2D eigenvalue weighted by molar-refractivity contribution is 0.200. The Labute approximate surface area is 79.3 Å². The van der Waals surface area contributed by atoms with Crippen LogP contribution in [0.5, 0.6) is 0 Å². The van der Waals surface area contributed by atoms with Crippen molar-refractivity contribution in [2.45, 2.75) is 32.9 Å².